The van der Waals surface area contributed by atoms with Crippen LogP contribution in [0.15, 0.2) is 219 Å². The van der Waals surface area contributed by atoms with E-state index in [-0.39, 0.29) is 0 Å². The van der Waals surface area contributed by atoms with Crippen molar-refractivity contribution in [3.8, 4) is 67.2 Å². The van der Waals surface area contributed by atoms with Gasteiger partial charge in [0.1, 0.15) is 0 Å². The summed E-state index contributed by atoms with van der Waals surface area (Å²) in [6.07, 6.45) is 3.72. The number of aromatic nitrogens is 4. The largest absolute Gasteiger partial charge is 0.256 e. The molecule has 0 amide bonds. The Labute approximate surface area is 358 Å². The molecule has 0 aliphatic carbocycles. The van der Waals surface area contributed by atoms with Crippen molar-refractivity contribution in [3.63, 3.8) is 0 Å². The van der Waals surface area contributed by atoms with Gasteiger partial charge in [0.05, 0.1) is 22.2 Å². The fourth-order valence-corrected chi connectivity index (χ4v) is 8.97. The van der Waals surface area contributed by atoms with Gasteiger partial charge >= 0.3 is 0 Å². The zero-order valence-electron chi connectivity index (χ0n) is 33.6. The molecule has 0 atom stereocenters. The van der Waals surface area contributed by atoms with Crippen LogP contribution in [0.2, 0.25) is 0 Å². The summed E-state index contributed by atoms with van der Waals surface area (Å²) in [5.74, 6) is 0.665. The predicted octanol–water partition coefficient (Wildman–Crippen LogP) is 15.0. The van der Waals surface area contributed by atoms with E-state index >= 15 is 0 Å². The molecule has 0 radical (unpaired) electrons. The van der Waals surface area contributed by atoms with Crippen LogP contribution in [0, 0.1) is 0 Å². The maximum absolute atomic E-state index is 5.49. The fourth-order valence-electron chi connectivity index (χ4n) is 8.97. The van der Waals surface area contributed by atoms with E-state index < -0.39 is 0 Å². The quantitative estimate of drug-likeness (QED) is 0.168. The van der Waals surface area contributed by atoms with E-state index in [1.54, 1.807) is 0 Å². The maximum Gasteiger partial charge on any atom is 0.160 e. The Morgan fingerprint density at radius 1 is 0.258 bits per heavy atom. The smallest absolute Gasteiger partial charge is 0.160 e. The predicted molar refractivity (Wildman–Crippen MR) is 258 cm³/mol. The van der Waals surface area contributed by atoms with Gasteiger partial charge in [-0.1, -0.05) is 170 Å². The number of para-hydroxylation sites is 2. The number of pyridine rings is 2. The van der Waals surface area contributed by atoms with Crippen LogP contribution in [-0.4, -0.2) is 19.9 Å². The van der Waals surface area contributed by atoms with Crippen LogP contribution in [0.3, 0.4) is 0 Å². The molecule has 12 rings (SSSR count). The lowest BCUT2D eigenvalue weighted by Gasteiger charge is -2.16. The van der Waals surface area contributed by atoms with E-state index in [2.05, 4.69) is 194 Å². The molecule has 4 heteroatoms. The summed E-state index contributed by atoms with van der Waals surface area (Å²) in [7, 11) is 0. The van der Waals surface area contributed by atoms with Crippen molar-refractivity contribution in [1.29, 1.82) is 0 Å². The van der Waals surface area contributed by atoms with E-state index in [0.29, 0.717) is 5.82 Å². The van der Waals surface area contributed by atoms with Crippen LogP contribution in [0.5, 0.6) is 0 Å². The minimum atomic E-state index is 0.665. The molecule has 0 saturated carbocycles. The molecule has 0 saturated heterocycles. The summed E-state index contributed by atoms with van der Waals surface area (Å²) in [5.41, 5.74) is 14.5. The highest BCUT2D eigenvalue weighted by Gasteiger charge is 2.19. The van der Waals surface area contributed by atoms with E-state index in [9.17, 15) is 0 Å². The van der Waals surface area contributed by atoms with Gasteiger partial charge in [0, 0.05) is 56.4 Å². The van der Waals surface area contributed by atoms with Crippen molar-refractivity contribution in [2.24, 2.45) is 0 Å². The molecule has 0 aliphatic heterocycles. The van der Waals surface area contributed by atoms with Gasteiger partial charge in [-0.3, -0.25) is 9.97 Å². The molecule has 3 heterocycles. The molecule has 288 valence electrons. The molecule has 0 fully saturated rings. The van der Waals surface area contributed by atoms with Crippen molar-refractivity contribution in [3.05, 3.63) is 219 Å². The number of rotatable bonds is 6. The Bertz CT molecular complexity index is 3680. The van der Waals surface area contributed by atoms with E-state index in [4.69, 9.17) is 19.9 Å². The Morgan fingerprint density at radius 3 is 1.35 bits per heavy atom. The molecular formula is C58H36N4. The van der Waals surface area contributed by atoms with Gasteiger partial charge in [0.2, 0.25) is 0 Å². The molecule has 0 aliphatic rings. The van der Waals surface area contributed by atoms with Crippen LogP contribution >= 0.6 is 0 Å². The van der Waals surface area contributed by atoms with E-state index in [1.807, 2.05) is 24.5 Å². The van der Waals surface area contributed by atoms with Gasteiger partial charge < -0.3 is 0 Å². The summed E-state index contributed by atoms with van der Waals surface area (Å²) < 4.78 is 0. The van der Waals surface area contributed by atoms with Gasteiger partial charge in [-0.05, 0) is 85.8 Å². The van der Waals surface area contributed by atoms with E-state index in [1.165, 1.54) is 21.5 Å². The topological polar surface area (TPSA) is 51.6 Å². The van der Waals surface area contributed by atoms with Gasteiger partial charge in [-0.15, -0.1) is 0 Å². The normalized spacial score (nSPS) is 11.5. The molecule has 0 unspecified atom stereocenters. The van der Waals surface area contributed by atoms with Crippen LogP contribution in [0.4, 0.5) is 0 Å². The van der Waals surface area contributed by atoms with Crippen LogP contribution in [0.25, 0.3) is 121 Å². The average Bonchev–Trinajstić information content (AvgIpc) is 3.35. The second kappa shape index (κ2) is 14.7. The van der Waals surface area contributed by atoms with Crippen molar-refractivity contribution < 1.29 is 0 Å². The van der Waals surface area contributed by atoms with Gasteiger partial charge in [0.25, 0.3) is 0 Å². The molecule has 3 aromatic heterocycles. The van der Waals surface area contributed by atoms with Gasteiger partial charge in [-0.2, -0.15) is 0 Å². The molecule has 62 heavy (non-hydrogen) atoms. The first-order valence-electron chi connectivity index (χ1n) is 20.9. The highest BCUT2D eigenvalue weighted by Crippen LogP contribution is 2.41. The van der Waals surface area contributed by atoms with Crippen LogP contribution < -0.4 is 0 Å². The second-order valence-electron chi connectivity index (χ2n) is 15.9. The fraction of sp³-hybridized carbons (Fsp3) is 0. The van der Waals surface area contributed by atoms with Gasteiger partial charge in [0.15, 0.2) is 5.82 Å². The van der Waals surface area contributed by atoms with Gasteiger partial charge in [-0.25, -0.2) is 9.97 Å². The molecule has 4 nitrogen and oxygen atoms in total. The monoisotopic (exact) mass is 788 g/mol. The minimum Gasteiger partial charge on any atom is -0.256 e. The lowest BCUT2D eigenvalue weighted by atomic mass is 9.91. The number of benzene rings is 9. The third kappa shape index (κ3) is 6.25. The van der Waals surface area contributed by atoms with Crippen LogP contribution in [0.1, 0.15) is 0 Å². The molecule has 0 N–H and O–H groups in total. The Hall–Kier alpha value is -8.34. The standard InChI is InChI=1S/C58H36N4/c1-3-11-45-33-47(29-19-37(45)9-1)49-35-52(48-30-20-38-10-2-4-12-46(38)34-48)57-53(36-49)56(43-25-21-39(22-26-43)50-17-5-13-41-15-7-31-59-54(41)50)61-58(62-57)44-27-23-40(24-28-44)51-18-6-14-42-16-8-32-60-55(42)51/h1-36H. The molecular weight excluding hydrogens is 753 g/mol. The molecule has 9 aromatic carbocycles. The van der Waals surface area contributed by atoms with E-state index in [0.717, 1.165) is 94.0 Å². The number of fused-ring (bicyclic) bond motifs is 5. The Morgan fingerprint density at radius 2 is 0.742 bits per heavy atom. The molecule has 12 aromatic rings. The summed E-state index contributed by atoms with van der Waals surface area (Å²) in [6, 6.07) is 73.3. The first-order valence-corrected chi connectivity index (χ1v) is 20.9. The first kappa shape index (κ1) is 35.6. The average molecular weight is 789 g/mol. The highest BCUT2D eigenvalue weighted by molar-refractivity contribution is 6.06. The van der Waals surface area contributed by atoms with Crippen molar-refractivity contribution in [2.45, 2.75) is 0 Å². The summed E-state index contributed by atoms with van der Waals surface area (Å²) >= 11 is 0. The lowest BCUT2D eigenvalue weighted by molar-refractivity contribution is 1.23. The summed E-state index contributed by atoms with van der Waals surface area (Å²) in [4.78, 5) is 20.5. The Kier molecular flexibility index (Phi) is 8.46. The zero-order valence-corrected chi connectivity index (χ0v) is 33.6. The van der Waals surface area contributed by atoms with Crippen molar-refractivity contribution >= 4 is 54.3 Å². The van der Waals surface area contributed by atoms with Crippen molar-refractivity contribution in [2.75, 3.05) is 0 Å². The van der Waals surface area contributed by atoms with Crippen LogP contribution in [-0.2, 0) is 0 Å². The lowest BCUT2D eigenvalue weighted by Crippen LogP contribution is -1.98. The zero-order chi connectivity index (χ0) is 41.0. The first-order chi connectivity index (χ1) is 30.7. The number of hydrogen-bond acceptors (Lipinski definition) is 4. The minimum absolute atomic E-state index is 0.665. The summed E-state index contributed by atoms with van der Waals surface area (Å²) in [5, 5.41) is 8.01. The van der Waals surface area contributed by atoms with Crippen molar-refractivity contribution in [1.82, 2.24) is 19.9 Å². The summed E-state index contributed by atoms with van der Waals surface area (Å²) in [6.45, 7) is 0. The molecule has 0 spiro atoms. The maximum atomic E-state index is 5.49. The SMILES string of the molecule is c1ccc2cc(-c3cc(-c4ccc5ccccc5c4)c4nc(-c5ccc(-c6cccc7cccnc67)cc5)nc(-c5ccc(-c6cccc7cccnc67)cc5)c4c3)ccc2c1. The number of hydrogen-bond donors (Lipinski definition) is 0. The highest BCUT2D eigenvalue weighted by atomic mass is 14.9. The third-order valence-corrected chi connectivity index (χ3v) is 12.1. The Balaban J connectivity index is 1.09. The molecule has 0 bridgehead atoms. The number of nitrogens with zero attached hydrogens (tertiary/aromatic N) is 4. The third-order valence-electron chi connectivity index (χ3n) is 12.1. The second-order valence-corrected chi connectivity index (χ2v) is 15.9.